The molecule has 0 unspecified atom stereocenters. The summed E-state index contributed by atoms with van der Waals surface area (Å²) in [6, 6.07) is 19.7. The number of carbonyl (C=O) groups excluding carboxylic acids is 2. The predicted molar refractivity (Wildman–Crippen MR) is 285 cm³/mol. The minimum absolute atomic E-state index is 0.0505. The molecule has 2 fully saturated rings. The van der Waals surface area contributed by atoms with Gasteiger partial charge in [0.25, 0.3) is 0 Å². The molecule has 2 saturated heterocycles. The number of alkyl halides is 3. The summed E-state index contributed by atoms with van der Waals surface area (Å²) in [5.41, 5.74) is 4.89. The first kappa shape index (κ1) is 54.5. The number of primary sulfonamides is 1. The average Bonchev–Trinajstić information content (AvgIpc) is 3.92. The zero-order valence-corrected chi connectivity index (χ0v) is 45.8. The van der Waals surface area contributed by atoms with E-state index in [0.717, 1.165) is 55.9 Å². The number of hydrogen-bond donors (Lipinski definition) is 1. The summed E-state index contributed by atoms with van der Waals surface area (Å²) in [6.07, 6.45) is 4.78. The second kappa shape index (κ2) is 20.7. The smallest absolute Gasteiger partial charge is 0.417 e. The van der Waals surface area contributed by atoms with Crippen LogP contribution in [-0.4, -0.2) is 121 Å². The first-order chi connectivity index (χ1) is 35.0. The highest BCUT2D eigenvalue weighted by molar-refractivity contribution is 9.10. The second-order valence-electron chi connectivity index (χ2n) is 21.1. The molecule has 2 amide bonds. The van der Waals surface area contributed by atoms with E-state index in [-0.39, 0.29) is 41.9 Å². The number of nitrogens with zero attached hydrogens (tertiary/aromatic N) is 10. The van der Waals surface area contributed by atoms with Crippen LogP contribution >= 0.6 is 15.9 Å². The van der Waals surface area contributed by atoms with Crippen molar-refractivity contribution in [1.82, 2.24) is 39.0 Å². The Balaban J connectivity index is 0.000000211. The largest absolute Gasteiger partial charge is 0.444 e. The van der Waals surface area contributed by atoms with E-state index in [9.17, 15) is 31.2 Å². The molecule has 0 radical (unpaired) electrons. The zero-order chi connectivity index (χ0) is 54.5. The summed E-state index contributed by atoms with van der Waals surface area (Å²) in [5.74, 6) is 0. The van der Waals surface area contributed by atoms with Crippen molar-refractivity contribution in [2.45, 2.75) is 116 Å². The summed E-state index contributed by atoms with van der Waals surface area (Å²) >= 11 is 3.46. The van der Waals surface area contributed by atoms with E-state index in [4.69, 9.17) is 14.6 Å². The highest BCUT2D eigenvalue weighted by atomic mass is 79.9. The molecule has 17 nitrogen and oxygen atoms in total. The van der Waals surface area contributed by atoms with Crippen LogP contribution in [0.1, 0.15) is 74.8 Å². The van der Waals surface area contributed by atoms with Gasteiger partial charge in [0.15, 0.2) is 11.3 Å². The summed E-state index contributed by atoms with van der Waals surface area (Å²) in [7, 11) is -4.59. The number of amides is 2. The van der Waals surface area contributed by atoms with Gasteiger partial charge >= 0.3 is 18.4 Å². The van der Waals surface area contributed by atoms with Gasteiger partial charge in [0.2, 0.25) is 10.0 Å². The summed E-state index contributed by atoms with van der Waals surface area (Å²) < 4.78 is 79.7. The molecule has 4 aromatic heterocycles. The fraction of sp³-hybridized carbons (Fsp3) is 0.396. The maximum atomic E-state index is 13.7. The minimum atomic E-state index is -4.94. The fourth-order valence-electron chi connectivity index (χ4n) is 9.66. The Kier molecular flexibility index (Phi) is 15.1. The van der Waals surface area contributed by atoms with Gasteiger partial charge < -0.3 is 29.1 Å². The van der Waals surface area contributed by atoms with E-state index >= 15 is 0 Å². The number of aromatic nitrogens is 6. The van der Waals surface area contributed by atoms with Crippen LogP contribution in [0.4, 0.5) is 34.1 Å². The third-order valence-electron chi connectivity index (χ3n) is 12.7. The normalized spacial score (nSPS) is 18.8. The summed E-state index contributed by atoms with van der Waals surface area (Å²) in [5, 5.41) is 13.6. The molecule has 0 bridgehead atoms. The Hall–Kier alpha value is -6.78. The lowest BCUT2D eigenvalue weighted by atomic mass is 10.0. The lowest BCUT2D eigenvalue weighted by Gasteiger charge is -2.45. The molecule has 7 aromatic rings. The Labute approximate surface area is 442 Å². The van der Waals surface area contributed by atoms with E-state index in [1.54, 1.807) is 28.0 Å². The molecule has 6 heterocycles. The van der Waals surface area contributed by atoms with Crippen LogP contribution in [0.5, 0.6) is 0 Å². The topological polar surface area (TPSA) is 186 Å². The Bertz CT molecular complexity index is 3320. The molecule has 22 heteroatoms. The molecule has 2 aliphatic heterocycles. The van der Waals surface area contributed by atoms with Gasteiger partial charge in [-0.1, -0.05) is 30.3 Å². The number of fused-ring (bicyclic) bond motifs is 2. The number of sulfonamides is 1. The monoisotopic (exact) mass is 1120 g/mol. The van der Waals surface area contributed by atoms with Gasteiger partial charge in [0.1, 0.15) is 11.2 Å². The zero-order valence-electron chi connectivity index (χ0n) is 43.4. The van der Waals surface area contributed by atoms with E-state index in [1.165, 1.54) is 16.8 Å². The lowest BCUT2D eigenvalue weighted by Crippen LogP contribution is -2.58. The van der Waals surface area contributed by atoms with E-state index < -0.39 is 37.9 Å². The van der Waals surface area contributed by atoms with Crippen LogP contribution in [0.25, 0.3) is 44.7 Å². The third kappa shape index (κ3) is 12.3. The van der Waals surface area contributed by atoms with Crippen LogP contribution in [0.15, 0.2) is 113 Å². The van der Waals surface area contributed by atoms with Crippen molar-refractivity contribution in [3.05, 3.63) is 114 Å². The first-order valence-electron chi connectivity index (χ1n) is 24.3. The maximum Gasteiger partial charge on any atom is 0.417 e. The van der Waals surface area contributed by atoms with Gasteiger partial charge in [-0.05, 0) is 138 Å². The van der Waals surface area contributed by atoms with Crippen LogP contribution in [0.3, 0.4) is 0 Å². The first-order valence-corrected chi connectivity index (χ1v) is 26.7. The predicted octanol–water partition coefficient (Wildman–Crippen LogP) is 10.6. The van der Waals surface area contributed by atoms with Crippen molar-refractivity contribution in [2.75, 3.05) is 36.0 Å². The average molecular weight is 1120 g/mol. The molecule has 3 aromatic carbocycles. The molecule has 0 spiro atoms. The number of rotatable bonds is 6. The van der Waals surface area contributed by atoms with Gasteiger partial charge in [-0.15, -0.1) is 0 Å². The summed E-state index contributed by atoms with van der Waals surface area (Å²) in [4.78, 5) is 41.3. The molecule has 2 aliphatic rings. The van der Waals surface area contributed by atoms with E-state index in [2.05, 4.69) is 97.9 Å². The highest BCUT2D eigenvalue weighted by Crippen LogP contribution is 2.38. The maximum absolute atomic E-state index is 13.7. The molecule has 4 atom stereocenters. The van der Waals surface area contributed by atoms with E-state index in [1.807, 2.05) is 83.1 Å². The molecule has 2 N–H and O–H groups in total. The van der Waals surface area contributed by atoms with Gasteiger partial charge in [-0.3, -0.25) is 0 Å². The summed E-state index contributed by atoms with van der Waals surface area (Å²) in [6.45, 7) is 22.0. The number of benzene rings is 3. The molecular formula is C53H61BrF3N11O6S. The van der Waals surface area contributed by atoms with Crippen LogP contribution in [-0.2, 0) is 25.7 Å². The number of anilines is 2. The molecule has 0 aliphatic carbocycles. The molecule has 75 heavy (non-hydrogen) atoms. The number of piperazine rings is 2. The van der Waals surface area contributed by atoms with Gasteiger partial charge in [-0.25, -0.2) is 42.1 Å². The van der Waals surface area contributed by atoms with E-state index in [0.29, 0.717) is 37.4 Å². The quantitative estimate of drug-likeness (QED) is 0.166. The third-order valence-corrected chi connectivity index (χ3v) is 14.2. The number of ether oxygens (including phenoxy) is 2. The Morgan fingerprint density at radius 2 is 1.00 bits per heavy atom. The van der Waals surface area contributed by atoms with Gasteiger partial charge in [-0.2, -0.15) is 23.4 Å². The van der Waals surface area contributed by atoms with Gasteiger partial charge in [0.05, 0.1) is 27.3 Å². The van der Waals surface area contributed by atoms with Crippen LogP contribution in [0.2, 0.25) is 0 Å². The van der Waals surface area contributed by atoms with Crippen molar-refractivity contribution in [2.24, 2.45) is 5.14 Å². The van der Waals surface area contributed by atoms with Crippen molar-refractivity contribution < 1.29 is 40.7 Å². The SMILES string of the molecule is C[C@@H]1CN(C(=O)OC(C)(C)C)C[C@H](C)N1c1ccc(-c2cnc3c(-c4ccc(S(N)(=O)=O)c(C(F)(F)F)c4)cnn3c2)cc1.C[C@@H]1CN(C(=O)OC(C)(C)C)C[C@H](C)N1c1ccc(-c2cnc3c(Br)cnn3c2)cc1. The molecule has 9 rings (SSSR count). The number of hydrogen-bond acceptors (Lipinski definition) is 12. The molecule has 398 valence electrons. The second-order valence-corrected chi connectivity index (χ2v) is 23.5. The van der Waals surface area contributed by atoms with Crippen molar-refractivity contribution in [1.29, 1.82) is 0 Å². The number of halogens is 4. The van der Waals surface area contributed by atoms with Crippen LogP contribution < -0.4 is 14.9 Å². The van der Waals surface area contributed by atoms with Crippen molar-refractivity contribution in [3.8, 4) is 33.4 Å². The molecule has 0 saturated carbocycles. The van der Waals surface area contributed by atoms with Crippen molar-refractivity contribution >= 4 is 60.8 Å². The lowest BCUT2D eigenvalue weighted by molar-refractivity contribution is -0.139. The van der Waals surface area contributed by atoms with Gasteiger partial charge in [0, 0.05) is 103 Å². The number of carbonyl (C=O) groups is 2. The number of nitrogens with two attached hydrogens (primary N) is 1. The Morgan fingerprint density at radius 1 is 0.600 bits per heavy atom. The Morgan fingerprint density at radius 3 is 1.41 bits per heavy atom. The molecular weight excluding hydrogens is 1060 g/mol. The van der Waals surface area contributed by atoms with Crippen LogP contribution in [0, 0.1) is 0 Å². The fourth-order valence-corrected chi connectivity index (χ4v) is 10.8. The minimum Gasteiger partial charge on any atom is -0.444 e. The van der Waals surface area contributed by atoms with Crippen molar-refractivity contribution in [3.63, 3.8) is 0 Å². The standard InChI is InChI=1S/C30H33F3N6O4S.C23H28BrN5O2/c1-18-15-37(28(40)43-29(3,4)5)16-19(2)39(18)23-9-6-20(7-10-23)22-13-35-27-24(14-36-38(27)17-22)21-8-11-26(44(34,41)42)25(12-21)30(31,32)33;1-15-12-27(22(30)31-23(3,4)5)13-16(2)29(15)19-8-6-17(7-9-19)18-10-25-21-20(24)11-26-28(21)14-18/h6-14,17-19H,15-16H2,1-5H3,(H2,34,41,42);6-11,14-16H,12-13H2,1-5H3/t18-,19+;15-,16+. The highest BCUT2D eigenvalue weighted by Gasteiger charge is 2.38.